The summed E-state index contributed by atoms with van der Waals surface area (Å²) in [6.45, 7) is 0. The highest BCUT2D eigenvalue weighted by molar-refractivity contribution is 6.31. The number of hydrogen-bond acceptors (Lipinski definition) is 5. The number of anilines is 2. The molecule has 2 rings (SSSR count). The van der Waals surface area contributed by atoms with Gasteiger partial charge < -0.3 is 10.1 Å². The van der Waals surface area contributed by atoms with E-state index in [0.29, 0.717) is 22.2 Å². The topological polar surface area (TPSA) is 64.1 Å². The highest BCUT2D eigenvalue weighted by atomic mass is 35.5. The molecular weight excluding hydrogens is 254 g/mol. The fraction of sp³-hybridized carbons (Fsp3) is 0.0833. The Labute approximate surface area is 109 Å². The molecule has 2 aromatic rings. The maximum atomic E-state index is 11.6. The third-order valence-corrected chi connectivity index (χ3v) is 2.43. The van der Waals surface area contributed by atoms with Gasteiger partial charge in [0, 0.05) is 17.4 Å². The maximum Gasteiger partial charge on any atom is 0.339 e. The summed E-state index contributed by atoms with van der Waals surface area (Å²) >= 11 is 5.90. The average Bonchev–Trinajstić information content (AvgIpc) is 2.39. The second-order valence-electron chi connectivity index (χ2n) is 3.38. The van der Waals surface area contributed by atoms with Crippen molar-refractivity contribution in [3.8, 4) is 0 Å². The van der Waals surface area contributed by atoms with Crippen LogP contribution in [0.3, 0.4) is 0 Å². The maximum absolute atomic E-state index is 11.6. The second kappa shape index (κ2) is 5.46. The van der Waals surface area contributed by atoms with E-state index in [1.54, 1.807) is 36.7 Å². The van der Waals surface area contributed by atoms with Crippen LogP contribution in [0, 0.1) is 0 Å². The van der Waals surface area contributed by atoms with E-state index < -0.39 is 5.97 Å². The van der Waals surface area contributed by atoms with Crippen LogP contribution >= 0.6 is 11.6 Å². The summed E-state index contributed by atoms with van der Waals surface area (Å²) in [6.07, 6.45) is 3.19. The van der Waals surface area contributed by atoms with Crippen LogP contribution in [0.2, 0.25) is 5.02 Å². The van der Waals surface area contributed by atoms with E-state index in [2.05, 4.69) is 15.3 Å². The fourth-order valence-corrected chi connectivity index (χ4v) is 1.56. The zero-order valence-corrected chi connectivity index (χ0v) is 10.3. The molecule has 18 heavy (non-hydrogen) atoms. The van der Waals surface area contributed by atoms with E-state index in [0.717, 1.165) is 0 Å². The van der Waals surface area contributed by atoms with E-state index >= 15 is 0 Å². The minimum absolute atomic E-state index is 0.370. The molecule has 0 saturated heterocycles. The van der Waals surface area contributed by atoms with Crippen LogP contribution in [0.15, 0.2) is 36.7 Å². The number of methoxy groups -OCH3 is 1. The molecule has 0 saturated carbocycles. The first-order chi connectivity index (χ1) is 8.70. The van der Waals surface area contributed by atoms with Gasteiger partial charge in [0.15, 0.2) is 0 Å². The van der Waals surface area contributed by atoms with Crippen LogP contribution in [-0.4, -0.2) is 23.0 Å². The van der Waals surface area contributed by atoms with Gasteiger partial charge in [-0.05, 0) is 24.3 Å². The monoisotopic (exact) mass is 263 g/mol. The molecule has 0 atom stereocenters. The van der Waals surface area contributed by atoms with E-state index in [1.807, 2.05) is 0 Å². The molecule has 1 N–H and O–H groups in total. The molecule has 0 fully saturated rings. The Hall–Kier alpha value is -2.14. The van der Waals surface area contributed by atoms with Gasteiger partial charge in [-0.2, -0.15) is 0 Å². The minimum atomic E-state index is -0.454. The van der Waals surface area contributed by atoms with E-state index in [1.165, 1.54) is 7.11 Å². The number of nitrogens with one attached hydrogen (secondary N) is 1. The third-order valence-electron chi connectivity index (χ3n) is 2.20. The molecule has 0 aliphatic rings. The lowest BCUT2D eigenvalue weighted by atomic mass is 10.2. The summed E-state index contributed by atoms with van der Waals surface area (Å²) in [7, 11) is 1.32. The van der Waals surface area contributed by atoms with Crippen LogP contribution in [-0.2, 0) is 4.74 Å². The molecule has 0 amide bonds. The molecule has 1 aromatic heterocycles. The summed E-state index contributed by atoms with van der Waals surface area (Å²) < 4.78 is 4.69. The molecule has 0 radical (unpaired) electrons. The molecule has 0 bridgehead atoms. The average molecular weight is 264 g/mol. The third kappa shape index (κ3) is 2.75. The van der Waals surface area contributed by atoms with Gasteiger partial charge in [-0.15, -0.1) is 0 Å². The number of carbonyl (C=O) groups is 1. The molecule has 5 nitrogen and oxygen atoms in total. The quantitative estimate of drug-likeness (QED) is 0.863. The number of aromatic nitrogens is 2. The first-order valence-corrected chi connectivity index (χ1v) is 5.50. The number of halogens is 1. The standard InChI is InChI=1S/C12H10ClN3O2/c1-18-11(17)9-4-3-8(13)7-10(9)16-12-14-5-2-6-15-12/h2-7H,1H3,(H,14,15,16). The highest BCUT2D eigenvalue weighted by Gasteiger charge is 2.12. The Bertz CT molecular complexity index is 561. The van der Waals surface area contributed by atoms with Gasteiger partial charge in [-0.25, -0.2) is 14.8 Å². The largest absolute Gasteiger partial charge is 0.465 e. The number of nitrogens with zero attached hydrogens (tertiary/aromatic N) is 2. The Morgan fingerprint density at radius 1 is 1.33 bits per heavy atom. The Morgan fingerprint density at radius 3 is 2.72 bits per heavy atom. The zero-order chi connectivity index (χ0) is 13.0. The molecule has 0 aliphatic carbocycles. The molecule has 6 heteroatoms. The van der Waals surface area contributed by atoms with Gasteiger partial charge in [-0.1, -0.05) is 11.6 Å². The lowest BCUT2D eigenvalue weighted by Gasteiger charge is -2.09. The summed E-state index contributed by atoms with van der Waals surface area (Å²) in [5.74, 6) is -0.0741. The van der Waals surface area contributed by atoms with Gasteiger partial charge in [0.1, 0.15) is 0 Å². The van der Waals surface area contributed by atoms with Crippen molar-refractivity contribution in [2.24, 2.45) is 0 Å². The van der Waals surface area contributed by atoms with Crippen LogP contribution in [0.25, 0.3) is 0 Å². The van der Waals surface area contributed by atoms with Gasteiger partial charge >= 0.3 is 5.97 Å². The van der Waals surface area contributed by atoms with Crippen LogP contribution < -0.4 is 5.32 Å². The predicted octanol–water partition coefficient (Wildman–Crippen LogP) is 2.66. The summed E-state index contributed by atoms with van der Waals surface area (Å²) in [5.41, 5.74) is 0.870. The molecule has 0 spiro atoms. The number of ether oxygens (including phenoxy) is 1. The van der Waals surface area contributed by atoms with Crippen LogP contribution in [0.1, 0.15) is 10.4 Å². The van der Waals surface area contributed by atoms with Gasteiger partial charge in [0.25, 0.3) is 0 Å². The lowest BCUT2D eigenvalue weighted by molar-refractivity contribution is 0.0602. The number of carbonyl (C=O) groups excluding carboxylic acids is 1. The van der Waals surface area contributed by atoms with Crippen molar-refractivity contribution >= 4 is 29.2 Å². The Balaban J connectivity index is 2.36. The molecule has 92 valence electrons. The number of rotatable bonds is 3. The van der Waals surface area contributed by atoms with E-state index in [9.17, 15) is 4.79 Å². The SMILES string of the molecule is COC(=O)c1ccc(Cl)cc1Nc1ncccn1. The van der Waals surface area contributed by atoms with Crippen molar-refractivity contribution in [1.82, 2.24) is 9.97 Å². The summed E-state index contributed by atoms with van der Waals surface area (Å²) in [5, 5.41) is 3.42. The van der Waals surface area contributed by atoms with Gasteiger partial charge in [0.05, 0.1) is 18.4 Å². The van der Waals surface area contributed by atoms with Gasteiger partial charge in [-0.3, -0.25) is 0 Å². The summed E-state index contributed by atoms with van der Waals surface area (Å²) in [4.78, 5) is 19.6. The number of esters is 1. The van der Waals surface area contributed by atoms with Crippen molar-refractivity contribution in [2.75, 3.05) is 12.4 Å². The van der Waals surface area contributed by atoms with Crippen molar-refractivity contribution in [3.05, 3.63) is 47.2 Å². The van der Waals surface area contributed by atoms with Crippen molar-refractivity contribution in [2.45, 2.75) is 0 Å². The Kier molecular flexibility index (Phi) is 3.74. The lowest BCUT2D eigenvalue weighted by Crippen LogP contribution is -2.06. The predicted molar refractivity (Wildman–Crippen MR) is 68.1 cm³/mol. The highest BCUT2D eigenvalue weighted by Crippen LogP contribution is 2.23. The first kappa shape index (κ1) is 12.3. The fourth-order valence-electron chi connectivity index (χ4n) is 1.39. The van der Waals surface area contributed by atoms with E-state index in [4.69, 9.17) is 16.3 Å². The van der Waals surface area contributed by atoms with E-state index in [-0.39, 0.29) is 0 Å². The second-order valence-corrected chi connectivity index (χ2v) is 3.82. The smallest absolute Gasteiger partial charge is 0.339 e. The number of hydrogen-bond donors (Lipinski definition) is 1. The first-order valence-electron chi connectivity index (χ1n) is 5.12. The number of benzene rings is 1. The van der Waals surface area contributed by atoms with Gasteiger partial charge in [0.2, 0.25) is 5.95 Å². The van der Waals surface area contributed by atoms with Crippen molar-refractivity contribution in [1.29, 1.82) is 0 Å². The molecule has 1 aromatic carbocycles. The Morgan fingerprint density at radius 2 is 2.06 bits per heavy atom. The zero-order valence-electron chi connectivity index (χ0n) is 9.55. The molecular formula is C12H10ClN3O2. The van der Waals surface area contributed by atoms with Crippen LogP contribution in [0.5, 0.6) is 0 Å². The minimum Gasteiger partial charge on any atom is -0.465 e. The normalized spacial score (nSPS) is 9.89. The molecule has 0 aliphatic heterocycles. The van der Waals surface area contributed by atoms with Crippen LogP contribution in [0.4, 0.5) is 11.6 Å². The van der Waals surface area contributed by atoms with Crippen molar-refractivity contribution < 1.29 is 9.53 Å². The molecule has 1 heterocycles. The summed E-state index contributed by atoms with van der Waals surface area (Å²) in [6, 6.07) is 6.51. The molecule has 0 unspecified atom stereocenters. The van der Waals surface area contributed by atoms with Crippen molar-refractivity contribution in [3.63, 3.8) is 0 Å².